The molecule has 0 bridgehead atoms. The lowest BCUT2D eigenvalue weighted by Crippen LogP contribution is -2.54. The quantitative estimate of drug-likeness (QED) is 0.468. The molecule has 0 unspecified atom stereocenters. The Balaban J connectivity index is 2.04. The predicted octanol–water partition coefficient (Wildman–Crippen LogP) is 3.48. The Kier molecular flexibility index (Phi) is 4.38. The zero-order chi connectivity index (χ0) is 16.6. The Hall–Kier alpha value is -1.90. The van der Waals surface area contributed by atoms with E-state index in [1.807, 2.05) is 6.07 Å². The van der Waals surface area contributed by atoms with E-state index in [9.17, 15) is 14.0 Å². The topological polar surface area (TPSA) is 49.4 Å². The van der Waals surface area contributed by atoms with Gasteiger partial charge >= 0.3 is 0 Å². The van der Waals surface area contributed by atoms with Gasteiger partial charge in [0.15, 0.2) is 5.11 Å². The van der Waals surface area contributed by atoms with Gasteiger partial charge in [0.05, 0.1) is 9.47 Å². The van der Waals surface area contributed by atoms with Crippen LogP contribution in [0.25, 0.3) is 6.08 Å². The summed E-state index contributed by atoms with van der Waals surface area (Å²) < 4.78 is 14.9. The molecule has 0 spiro atoms. The first-order chi connectivity index (χ1) is 11.0. The first kappa shape index (κ1) is 16.0. The SMILES string of the molecule is O=C1NC(=S)N(c2ccccc2F)C(=O)C1=Cc1ccc(Br)s1. The van der Waals surface area contributed by atoms with Gasteiger partial charge in [0.1, 0.15) is 11.4 Å². The van der Waals surface area contributed by atoms with Crippen LogP contribution < -0.4 is 10.2 Å². The Morgan fingerprint density at radius 2 is 1.96 bits per heavy atom. The molecular formula is C15H8BrFN2O2S2. The first-order valence-electron chi connectivity index (χ1n) is 6.38. The van der Waals surface area contributed by atoms with Crippen LogP contribution >= 0.6 is 39.5 Å². The zero-order valence-corrected chi connectivity index (χ0v) is 14.6. The number of hydrogen-bond donors (Lipinski definition) is 1. The Labute approximate surface area is 148 Å². The van der Waals surface area contributed by atoms with Crippen molar-refractivity contribution in [3.63, 3.8) is 0 Å². The summed E-state index contributed by atoms with van der Waals surface area (Å²) >= 11 is 9.71. The molecule has 2 aromatic rings. The van der Waals surface area contributed by atoms with Gasteiger partial charge in [-0.3, -0.25) is 14.9 Å². The van der Waals surface area contributed by atoms with Crippen LogP contribution in [-0.4, -0.2) is 16.9 Å². The summed E-state index contributed by atoms with van der Waals surface area (Å²) in [7, 11) is 0. The van der Waals surface area contributed by atoms with Gasteiger partial charge in [-0.1, -0.05) is 12.1 Å². The Morgan fingerprint density at radius 3 is 2.61 bits per heavy atom. The monoisotopic (exact) mass is 410 g/mol. The van der Waals surface area contributed by atoms with Crippen molar-refractivity contribution in [1.29, 1.82) is 0 Å². The van der Waals surface area contributed by atoms with Crippen molar-refractivity contribution in [2.45, 2.75) is 0 Å². The van der Waals surface area contributed by atoms with E-state index in [4.69, 9.17) is 12.2 Å². The number of nitrogens with zero attached hydrogens (tertiary/aromatic N) is 1. The normalized spacial score (nSPS) is 16.9. The number of amides is 2. The summed E-state index contributed by atoms with van der Waals surface area (Å²) in [6.45, 7) is 0. The lowest BCUT2D eigenvalue weighted by molar-refractivity contribution is -0.122. The lowest BCUT2D eigenvalue weighted by atomic mass is 10.1. The molecule has 1 aromatic heterocycles. The molecule has 1 saturated heterocycles. The standard InChI is InChI=1S/C15H8BrFN2O2S2/c16-12-6-5-8(23-12)7-9-13(20)18-15(22)19(14(9)21)11-4-2-1-3-10(11)17/h1-7H,(H,18,20,22). The summed E-state index contributed by atoms with van der Waals surface area (Å²) in [5.41, 5.74) is -0.100. The maximum absolute atomic E-state index is 14.0. The van der Waals surface area contributed by atoms with Crippen molar-refractivity contribution in [3.05, 3.63) is 56.5 Å². The Bertz CT molecular complexity index is 863. The molecule has 0 radical (unpaired) electrons. The van der Waals surface area contributed by atoms with Crippen molar-refractivity contribution >= 4 is 68.2 Å². The zero-order valence-electron chi connectivity index (χ0n) is 11.4. The summed E-state index contributed by atoms with van der Waals surface area (Å²) in [5.74, 6) is -1.86. The number of benzene rings is 1. The van der Waals surface area contributed by atoms with Crippen molar-refractivity contribution in [2.75, 3.05) is 4.90 Å². The summed E-state index contributed by atoms with van der Waals surface area (Å²) in [6.07, 6.45) is 1.46. The van der Waals surface area contributed by atoms with Crippen LogP contribution in [0.15, 0.2) is 45.8 Å². The molecule has 1 aromatic carbocycles. The van der Waals surface area contributed by atoms with Crippen LogP contribution in [0.5, 0.6) is 0 Å². The fraction of sp³-hybridized carbons (Fsp3) is 0. The third-order valence-electron chi connectivity index (χ3n) is 3.08. The van der Waals surface area contributed by atoms with Gasteiger partial charge in [0.25, 0.3) is 11.8 Å². The van der Waals surface area contributed by atoms with E-state index < -0.39 is 17.6 Å². The average Bonchev–Trinajstić information content (AvgIpc) is 2.91. The van der Waals surface area contributed by atoms with Gasteiger partial charge in [-0.25, -0.2) is 9.29 Å². The molecular weight excluding hydrogens is 403 g/mol. The Morgan fingerprint density at radius 1 is 1.22 bits per heavy atom. The number of hydrogen-bond acceptors (Lipinski definition) is 4. The minimum Gasteiger partial charge on any atom is -0.298 e. The van der Waals surface area contributed by atoms with E-state index >= 15 is 0 Å². The molecule has 3 rings (SSSR count). The van der Waals surface area contributed by atoms with Gasteiger partial charge < -0.3 is 0 Å². The van der Waals surface area contributed by atoms with Gasteiger partial charge in [-0.15, -0.1) is 11.3 Å². The highest BCUT2D eigenvalue weighted by molar-refractivity contribution is 9.11. The number of thiocarbonyl (C=S) groups is 1. The van der Waals surface area contributed by atoms with E-state index in [1.165, 1.54) is 35.6 Å². The van der Waals surface area contributed by atoms with Crippen LogP contribution in [0, 0.1) is 5.82 Å². The maximum atomic E-state index is 14.0. The number of nitrogens with one attached hydrogen (secondary N) is 1. The average molecular weight is 411 g/mol. The van der Waals surface area contributed by atoms with Gasteiger partial charge in [-0.05, 0) is 58.5 Å². The molecule has 0 aliphatic carbocycles. The van der Waals surface area contributed by atoms with E-state index in [0.717, 1.165) is 13.6 Å². The smallest absolute Gasteiger partial charge is 0.270 e. The van der Waals surface area contributed by atoms with Crippen LogP contribution in [-0.2, 0) is 9.59 Å². The summed E-state index contributed by atoms with van der Waals surface area (Å²) in [6, 6.07) is 9.32. The van der Waals surface area contributed by atoms with Crippen molar-refractivity contribution in [3.8, 4) is 0 Å². The number of anilines is 1. The van der Waals surface area contributed by atoms with Gasteiger partial charge in [0, 0.05) is 4.88 Å². The van der Waals surface area contributed by atoms with Gasteiger partial charge in [0.2, 0.25) is 0 Å². The van der Waals surface area contributed by atoms with E-state index in [0.29, 0.717) is 0 Å². The minimum atomic E-state index is -0.659. The highest BCUT2D eigenvalue weighted by Gasteiger charge is 2.35. The highest BCUT2D eigenvalue weighted by atomic mass is 79.9. The second-order valence-corrected chi connectivity index (χ2v) is 7.43. The summed E-state index contributed by atoms with van der Waals surface area (Å²) in [4.78, 5) is 26.4. The van der Waals surface area contributed by atoms with Crippen molar-refractivity contribution in [2.24, 2.45) is 0 Å². The first-order valence-corrected chi connectivity index (χ1v) is 8.40. The molecule has 4 nitrogen and oxygen atoms in total. The maximum Gasteiger partial charge on any atom is 0.270 e. The van der Waals surface area contributed by atoms with Gasteiger partial charge in [-0.2, -0.15) is 0 Å². The molecule has 1 fully saturated rings. The number of thiophene rings is 1. The molecule has 1 aliphatic heterocycles. The molecule has 0 atom stereocenters. The van der Waals surface area contributed by atoms with Crippen molar-refractivity contribution < 1.29 is 14.0 Å². The molecule has 2 heterocycles. The fourth-order valence-corrected chi connectivity index (χ4v) is 3.70. The number of halogens is 2. The number of rotatable bonds is 2. The lowest BCUT2D eigenvalue weighted by Gasteiger charge is -2.29. The molecule has 1 N–H and O–H groups in total. The number of carbonyl (C=O) groups is 2. The second kappa shape index (κ2) is 6.31. The van der Waals surface area contributed by atoms with Crippen molar-refractivity contribution in [1.82, 2.24) is 5.32 Å². The van der Waals surface area contributed by atoms with Crippen LogP contribution in [0.1, 0.15) is 4.88 Å². The number of para-hydroxylation sites is 1. The molecule has 8 heteroatoms. The summed E-state index contributed by atoms with van der Waals surface area (Å²) in [5, 5.41) is 2.27. The third kappa shape index (κ3) is 3.10. The molecule has 0 saturated carbocycles. The van der Waals surface area contributed by atoms with Crippen LogP contribution in [0.3, 0.4) is 0 Å². The largest absolute Gasteiger partial charge is 0.298 e. The molecule has 23 heavy (non-hydrogen) atoms. The highest BCUT2D eigenvalue weighted by Crippen LogP contribution is 2.27. The third-order valence-corrected chi connectivity index (χ3v) is 4.93. The van der Waals surface area contributed by atoms with Crippen LogP contribution in [0.2, 0.25) is 0 Å². The molecule has 2 amide bonds. The van der Waals surface area contributed by atoms with Crippen LogP contribution in [0.4, 0.5) is 10.1 Å². The fourth-order valence-electron chi connectivity index (χ4n) is 2.06. The minimum absolute atomic E-state index is 0.000704. The number of carbonyl (C=O) groups excluding carboxylic acids is 2. The van der Waals surface area contributed by atoms with E-state index in [2.05, 4.69) is 21.2 Å². The predicted molar refractivity (Wildman–Crippen MR) is 94.6 cm³/mol. The molecule has 1 aliphatic rings. The van der Waals surface area contributed by atoms with E-state index in [1.54, 1.807) is 12.1 Å². The second-order valence-electron chi connectivity index (χ2n) is 4.55. The molecule has 116 valence electrons. The van der Waals surface area contributed by atoms with E-state index in [-0.39, 0.29) is 16.4 Å².